The van der Waals surface area contributed by atoms with Gasteiger partial charge in [0.1, 0.15) is 11.5 Å². The minimum Gasteiger partial charge on any atom is -0.497 e. The normalized spacial score (nSPS) is 10.2. The van der Waals surface area contributed by atoms with Crippen LogP contribution < -0.4 is 9.47 Å². The van der Waals surface area contributed by atoms with Gasteiger partial charge in [0.15, 0.2) is 0 Å². The second-order valence-electron chi connectivity index (χ2n) is 3.98. The molecule has 0 spiro atoms. The second kappa shape index (κ2) is 5.78. The minimum atomic E-state index is 0.727. The van der Waals surface area contributed by atoms with Gasteiger partial charge in [0.05, 0.1) is 14.2 Å². The summed E-state index contributed by atoms with van der Waals surface area (Å²) in [4.78, 5) is 0. The van der Waals surface area contributed by atoms with E-state index in [1.54, 1.807) is 14.2 Å². The second-order valence-corrected chi connectivity index (χ2v) is 4.39. The molecule has 0 unspecified atom stereocenters. The molecule has 2 nitrogen and oxygen atoms in total. The van der Waals surface area contributed by atoms with Crippen LogP contribution in [0, 0.1) is 0 Å². The monoisotopic (exact) mass is 262 g/mol. The van der Waals surface area contributed by atoms with Crippen molar-refractivity contribution in [2.24, 2.45) is 0 Å². The third-order valence-corrected chi connectivity index (χ3v) is 3.17. The lowest BCUT2D eigenvalue weighted by Crippen LogP contribution is -1.91. The zero-order valence-electron chi connectivity index (χ0n) is 10.4. The Hall–Kier alpha value is -1.67. The maximum absolute atomic E-state index is 6.21. The molecule has 0 aliphatic rings. The molecule has 2 aromatic carbocycles. The van der Waals surface area contributed by atoms with Gasteiger partial charge in [-0.3, -0.25) is 0 Å². The minimum absolute atomic E-state index is 0.727. The Labute approximate surface area is 112 Å². The number of benzene rings is 2. The van der Waals surface area contributed by atoms with E-state index in [1.807, 2.05) is 42.5 Å². The smallest absolute Gasteiger partial charge is 0.120 e. The molecule has 94 valence electrons. The molecule has 0 saturated carbocycles. The zero-order chi connectivity index (χ0) is 13.0. The van der Waals surface area contributed by atoms with Crippen LogP contribution in [-0.2, 0) is 6.42 Å². The van der Waals surface area contributed by atoms with E-state index in [0.717, 1.165) is 28.5 Å². The van der Waals surface area contributed by atoms with Crippen molar-refractivity contribution in [3.8, 4) is 11.5 Å². The van der Waals surface area contributed by atoms with Crippen LogP contribution in [0.3, 0.4) is 0 Å². The highest BCUT2D eigenvalue weighted by molar-refractivity contribution is 6.31. The average Bonchev–Trinajstić information content (AvgIpc) is 2.42. The van der Waals surface area contributed by atoms with E-state index >= 15 is 0 Å². The topological polar surface area (TPSA) is 18.5 Å². The highest BCUT2D eigenvalue weighted by atomic mass is 35.5. The highest BCUT2D eigenvalue weighted by Gasteiger charge is 2.04. The lowest BCUT2D eigenvalue weighted by atomic mass is 10.0. The van der Waals surface area contributed by atoms with Gasteiger partial charge < -0.3 is 9.47 Å². The lowest BCUT2D eigenvalue weighted by molar-refractivity contribution is 0.414. The van der Waals surface area contributed by atoms with Gasteiger partial charge in [-0.1, -0.05) is 29.8 Å². The molecule has 2 aromatic rings. The Balaban J connectivity index is 2.17. The molecule has 0 bridgehead atoms. The summed E-state index contributed by atoms with van der Waals surface area (Å²) in [7, 11) is 3.30. The SMILES string of the molecule is COc1ccc(Cc2ccc(OC)cc2Cl)cc1. The molecule has 0 aromatic heterocycles. The Morgan fingerprint density at radius 2 is 1.50 bits per heavy atom. The molecular formula is C15H15ClO2. The van der Waals surface area contributed by atoms with Crippen LogP contribution in [0.1, 0.15) is 11.1 Å². The first-order chi connectivity index (χ1) is 8.72. The van der Waals surface area contributed by atoms with E-state index in [1.165, 1.54) is 5.56 Å². The number of methoxy groups -OCH3 is 2. The first-order valence-corrected chi connectivity index (χ1v) is 6.06. The molecule has 0 fully saturated rings. The Morgan fingerprint density at radius 1 is 0.889 bits per heavy atom. The van der Waals surface area contributed by atoms with Gasteiger partial charge in [-0.25, -0.2) is 0 Å². The molecule has 0 saturated heterocycles. The van der Waals surface area contributed by atoms with E-state index in [9.17, 15) is 0 Å². The number of hydrogen-bond donors (Lipinski definition) is 0. The summed E-state index contributed by atoms with van der Waals surface area (Å²) in [6.45, 7) is 0. The van der Waals surface area contributed by atoms with Crippen molar-refractivity contribution in [3.05, 3.63) is 58.6 Å². The summed E-state index contributed by atoms with van der Waals surface area (Å²) in [5.74, 6) is 1.64. The van der Waals surface area contributed by atoms with E-state index in [-0.39, 0.29) is 0 Å². The van der Waals surface area contributed by atoms with Crippen molar-refractivity contribution < 1.29 is 9.47 Å². The molecular weight excluding hydrogens is 248 g/mol. The summed E-state index contributed by atoms with van der Waals surface area (Å²) in [5, 5.41) is 0.727. The molecule has 0 amide bonds. The first-order valence-electron chi connectivity index (χ1n) is 5.68. The Bertz CT molecular complexity index is 521. The van der Waals surface area contributed by atoms with Gasteiger partial charge >= 0.3 is 0 Å². The molecule has 0 radical (unpaired) electrons. The summed E-state index contributed by atoms with van der Waals surface area (Å²) < 4.78 is 10.3. The van der Waals surface area contributed by atoms with Crippen molar-refractivity contribution in [1.82, 2.24) is 0 Å². The molecule has 0 heterocycles. The van der Waals surface area contributed by atoms with Crippen LogP contribution in [0.5, 0.6) is 11.5 Å². The van der Waals surface area contributed by atoms with Gasteiger partial charge in [-0.15, -0.1) is 0 Å². The van der Waals surface area contributed by atoms with Crippen LogP contribution in [0.15, 0.2) is 42.5 Å². The third-order valence-electron chi connectivity index (χ3n) is 2.81. The standard InChI is InChI=1S/C15H15ClO2/c1-17-13-6-3-11(4-7-13)9-12-5-8-14(18-2)10-15(12)16/h3-8,10H,9H2,1-2H3. The highest BCUT2D eigenvalue weighted by Crippen LogP contribution is 2.25. The first kappa shape index (κ1) is 12.8. The van der Waals surface area contributed by atoms with Crippen LogP contribution in [-0.4, -0.2) is 14.2 Å². The largest absolute Gasteiger partial charge is 0.497 e. The summed E-state index contributed by atoms with van der Waals surface area (Å²) >= 11 is 6.21. The van der Waals surface area contributed by atoms with Crippen molar-refractivity contribution in [2.75, 3.05) is 14.2 Å². The van der Waals surface area contributed by atoms with Gasteiger partial charge in [0.2, 0.25) is 0 Å². The molecule has 3 heteroatoms. The van der Waals surface area contributed by atoms with Crippen LogP contribution in [0.4, 0.5) is 0 Å². The summed E-state index contributed by atoms with van der Waals surface area (Å²) in [6.07, 6.45) is 0.798. The predicted octanol–water partition coefficient (Wildman–Crippen LogP) is 3.95. The van der Waals surface area contributed by atoms with Gasteiger partial charge in [0.25, 0.3) is 0 Å². The van der Waals surface area contributed by atoms with Crippen molar-refractivity contribution in [2.45, 2.75) is 6.42 Å². The molecule has 2 rings (SSSR count). The van der Waals surface area contributed by atoms with Gasteiger partial charge in [-0.2, -0.15) is 0 Å². The Morgan fingerprint density at radius 3 is 2.06 bits per heavy atom. The van der Waals surface area contributed by atoms with E-state index in [4.69, 9.17) is 21.1 Å². The van der Waals surface area contributed by atoms with E-state index in [2.05, 4.69) is 0 Å². The molecule has 18 heavy (non-hydrogen) atoms. The number of ether oxygens (including phenoxy) is 2. The number of halogens is 1. The van der Waals surface area contributed by atoms with Crippen LogP contribution in [0.25, 0.3) is 0 Å². The third kappa shape index (κ3) is 2.96. The zero-order valence-corrected chi connectivity index (χ0v) is 11.2. The molecule has 0 aliphatic heterocycles. The number of hydrogen-bond acceptors (Lipinski definition) is 2. The van der Waals surface area contributed by atoms with Gasteiger partial charge in [-0.05, 0) is 41.8 Å². The maximum atomic E-state index is 6.21. The predicted molar refractivity (Wildman–Crippen MR) is 73.8 cm³/mol. The van der Waals surface area contributed by atoms with Crippen LogP contribution >= 0.6 is 11.6 Å². The van der Waals surface area contributed by atoms with Gasteiger partial charge in [0, 0.05) is 5.02 Å². The fourth-order valence-corrected chi connectivity index (χ4v) is 2.00. The van der Waals surface area contributed by atoms with Crippen molar-refractivity contribution in [3.63, 3.8) is 0 Å². The molecule has 0 N–H and O–H groups in total. The lowest BCUT2D eigenvalue weighted by Gasteiger charge is -2.07. The van der Waals surface area contributed by atoms with E-state index < -0.39 is 0 Å². The van der Waals surface area contributed by atoms with Crippen molar-refractivity contribution in [1.29, 1.82) is 0 Å². The quantitative estimate of drug-likeness (QED) is 0.831. The fraction of sp³-hybridized carbons (Fsp3) is 0.200. The fourth-order valence-electron chi connectivity index (χ4n) is 1.76. The van der Waals surface area contributed by atoms with Crippen LogP contribution in [0.2, 0.25) is 5.02 Å². The molecule has 0 aliphatic carbocycles. The summed E-state index contributed by atoms with van der Waals surface area (Å²) in [5.41, 5.74) is 2.28. The Kier molecular flexibility index (Phi) is 4.11. The molecule has 0 atom stereocenters. The van der Waals surface area contributed by atoms with Crippen molar-refractivity contribution >= 4 is 11.6 Å². The van der Waals surface area contributed by atoms with E-state index in [0.29, 0.717) is 0 Å². The summed E-state index contributed by atoms with van der Waals surface area (Å²) in [6, 6.07) is 13.7. The number of rotatable bonds is 4. The average molecular weight is 263 g/mol. The maximum Gasteiger partial charge on any atom is 0.120 e.